The maximum atomic E-state index is 12.6. The van der Waals surface area contributed by atoms with Gasteiger partial charge in [-0.3, -0.25) is 14.9 Å². The minimum atomic E-state index is -0.115. The molecule has 4 aromatic heterocycles. The Kier molecular flexibility index (Phi) is 5.88. The number of aromatic nitrogens is 5. The predicted octanol–water partition coefficient (Wildman–Crippen LogP) is 4.03. The molecule has 1 aliphatic heterocycles. The Morgan fingerprint density at radius 2 is 1.89 bits per heavy atom. The molecule has 0 aliphatic carbocycles. The first-order valence-electron chi connectivity index (χ1n) is 11.9. The average Bonchev–Trinajstić information content (AvgIpc) is 3.57. The largest absolute Gasteiger partial charge is 0.378 e. The number of fused-ring (bicyclic) bond motifs is 1. The molecule has 0 bridgehead atoms. The van der Waals surface area contributed by atoms with Gasteiger partial charge in [-0.15, -0.1) is 0 Å². The summed E-state index contributed by atoms with van der Waals surface area (Å²) in [6, 6.07) is 17.6. The van der Waals surface area contributed by atoms with E-state index in [4.69, 9.17) is 4.74 Å². The number of aromatic amines is 2. The van der Waals surface area contributed by atoms with Crippen LogP contribution in [0.2, 0.25) is 0 Å². The predicted molar refractivity (Wildman–Crippen MR) is 139 cm³/mol. The van der Waals surface area contributed by atoms with Crippen molar-refractivity contribution < 1.29 is 9.53 Å². The highest BCUT2D eigenvalue weighted by Gasteiger charge is 2.17. The van der Waals surface area contributed by atoms with Gasteiger partial charge in [-0.1, -0.05) is 12.1 Å². The lowest BCUT2D eigenvalue weighted by atomic mass is 10.1. The van der Waals surface area contributed by atoms with Crippen LogP contribution in [0.5, 0.6) is 0 Å². The van der Waals surface area contributed by atoms with Gasteiger partial charge < -0.3 is 19.9 Å². The zero-order valence-electron chi connectivity index (χ0n) is 19.6. The number of anilines is 2. The maximum Gasteiger partial charge on any atom is 0.230 e. The summed E-state index contributed by atoms with van der Waals surface area (Å²) in [6.45, 7) is 3.11. The highest BCUT2D eigenvalue weighted by Crippen LogP contribution is 2.30. The van der Waals surface area contributed by atoms with E-state index in [1.807, 2.05) is 54.7 Å². The van der Waals surface area contributed by atoms with Gasteiger partial charge in [-0.05, 0) is 48.0 Å². The Balaban J connectivity index is 1.14. The number of amides is 1. The molecule has 0 radical (unpaired) electrons. The summed E-state index contributed by atoms with van der Waals surface area (Å²) in [4.78, 5) is 27.1. The summed E-state index contributed by atoms with van der Waals surface area (Å²) in [5.74, 6) is 0.864. The summed E-state index contributed by atoms with van der Waals surface area (Å²) in [6.07, 6.45) is 5.50. The number of nitrogens with one attached hydrogen (secondary N) is 3. The number of carbonyl (C=O) groups is 1. The van der Waals surface area contributed by atoms with Crippen molar-refractivity contribution in [1.29, 1.82) is 0 Å². The summed E-state index contributed by atoms with van der Waals surface area (Å²) in [7, 11) is 0. The first kappa shape index (κ1) is 22.0. The van der Waals surface area contributed by atoms with Crippen LogP contribution >= 0.6 is 0 Å². The van der Waals surface area contributed by atoms with Gasteiger partial charge in [-0.2, -0.15) is 5.10 Å². The normalized spacial score (nSPS) is 13.7. The second kappa shape index (κ2) is 9.63. The molecule has 9 heteroatoms. The highest BCUT2D eigenvalue weighted by atomic mass is 16.5. The number of carbonyl (C=O) groups excluding carboxylic acids is 1. The molecule has 0 saturated carbocycles. The molecule has 1 aromatic carbocycles. The van der Waals surface area contributed by atoms with Crippen LogP contribution in [-0.4, -0.2) is 57.4 Å². The number of hydrogen-bond donors (Lipinski definition) is 3. The van der Waals surface area contributed by atoms with E-state index in [0.29, 0.717) is 13.2 Å². The van der Waals surface area contributed by atoms with E-state index in [2.05, 4.69) is 41.4 Å². The third-order valence-corrected chi connectivity index (χ3v) is 6.26. The van der Waals surface area contributed by atoms with Gasteiger partial charge in [0.2, 0.25) is 5.91 Å². The van der Waals surface area contributed by atoms with E-state index >= 15 is 0 Å². The fraction of sp³-hybridized carbons (Fsp3) is 0.185. The van der Waals surface area contributed by atoms with Crippen LogP contribution < -0.4 is 10.2 Å². The standard InChI is InChI=1S/C27H25N7O2/c35-26(15-21-14-25(33-32-21)19-2-1-8-28-17-19)30-20-5-3-18(4-6-20)24-16-22-23(31-24)7-9-29-27(22)34-10-12-36-13-11-34/h1-9,14,16-17,31H,10-13,15H2,(H,30,35)(H,32,33). The molecule has 1 amide bonds. The van der Waals surface area contributed by atoms with E-state index < -0.39 is 0 Å². The fourth-order valence-corrected chi connectivity index (χ4v) is 4.45. The Morgan fingerprint density at radius 1 is 1.03 bits per heavy atom. The monoisotopic (exact) mass is 479 g/mol. The lowest BCUT2D eigenvalue weighted by Gasteiger charge is -2.28. The Bertz CT molecular complexity index is 1490. The average molecular weight is 480 g/mol. The smallest absolute Gasteiger partial charge is 0.230 e. The zero-order chi connectivity index (χ0) is 24.3. The van der Waals surface area contributed by atoms with Crippen molar-refractivity contribution in [3.05, 3.63) is 78.9 Å². The number of pyridine rings is 2. The van der Waals surface area contributed by atoms with E-state index in [0.717, 1.165) is 63.7 Å². The quantitative estimate of drug-likeness (QED) is 0.339. The summed E-state index contributed by atoms with van der Waals surface area (Å²) >= 11 is 0. The third-order valence-electron chi connectivity index (χ3n) is 6.26. The van der Waals surface area contributed by atoms with Crippen LogP contribution in [0, 0.1) is 0 Å². The molecule has 36 heavy (non-hydrogen) atoms. The van der Waals surface area contributed by atoms with E-state index in [-0.39, 0.29) is 12.3 Å². The van der Waals surface area contributed by atoms with Crippen molar-refractivity contribution in [2.24, 2.45) is 0 Å². The second-order valence-corrected chi connectivity index (χ2v) is 8.70. The topological polar surface area (TPSA) is 112 Å². The molecule has 1 saturated heterocycles. The van der Waals surface area contributed by atoms with Crippen LogP contribution in [0.4, 0.5) is 11.5 Å². The van der Waals surface area contributed by atoms with Crippen molar-refractivity contribution >= 4 is 28.3 Å². The Hall–Kier alpha value is -4.50. The Morgan fingerprint density at radius 3 is 2.69 bits per heavy atom. The summed E-state index contributed by atoms with van der Waals surface area (Å²) in [5.41, 5.74) is 6.23. The molecule has 1 aliphatic rings. The van der Waals surface area contributed by atoms with Crippen LogP contribution in [0.25, 0.3) is 33.4 Å². The highest BCUT2D eigenvalue weighted by molar-refractivity contribution is 5.95. The van der Waals surface area contributed by atoms with Gasteiger partial charge in [0, 0.05) is 59.7 Å². The van der Waals surface area contributed by atoms with E-state index in [1.54, 1.807) is 12.4 Å². The van der Waals surface area contributed by atoms with Gasteiger partial charge in [0.15, 0.2) is 0 Å². The van der Waals surface area contributed by atoms with E-state index in [1.165, 1.54) is 0 Å². The molecule has 5 heterocycles. The van der Waals surface area contributed by atoms with Crippen molar-refractivity contribution in [3.8, 4) is 22.5 Å². The molecule has 9 nitrogen and oxygen atoms in total. The van der Waals surface area contributed by atoms with Crippen LogP contribution in [-0.2, 0) is 16.0 Å². The third kappa shape index (κ3) is 4.56. The van der Waals surface area contributed by atoms with Gasteiger partial charge >= 0.3 is 0 Å². The van der Waals surface area contributed by atoms with Gasteiger partial charge in [0.25, 0.3) is 0 Å². The van der Waals surface area contributed by atoms with Crippen molar-refractivity contribution in [2.45, 2.75) is 6.42 Å². The lowest BCUT2D eigenvalue weighted by molar-refractivity contribution is -0.115. The van der Waals surface area contributed by atoms with E-state index in [9.17, 15) is 4.79 Å². The summed E-state index contributed by atoms with van der Waals surface area (Å²) in [5, 5.41) is 11.3. The number of rotatable bonds is 6. The summed E-state index contributed by atoms with van der Waals surface area (Å²) < 4.78 is 5.48. The molecular weight excluding hydrogens is 454 g/mol. The van der Waals surface area contributed by atoms with Crippen molar-refractivity contribution in [1.82, 2.24) is 25.1 Å². The van der Waals surface area contributed by atoms with Crippen molar-refractivity contribution in [3.63, 3.8) is 0 Å². The molecule has 0 spiro atoms. The molecule has 1 fully saturated rings. The fourth-order valence-electron chi connectivity index (χ4n) is 4.45. The van der Waals surface area contributed by atoms with Crippen LogP contribution in [0.15, 0.2) is 73.2 Å². The zero-order valence-corrected chi connectivity index (χ0v) is 19.6. The maximum absolute atomic E-state index is 12.6. The minimum absolute atomic E-state index is 0.115. The number of ether oxygens (including phenoxy) is 1. The molecular formula is C27H25N7O2. The SMILES string of the molecule is O=C(Cc1cc(-c2cccnc2)n[nH]1)Nc1ccc(-c2cc3c(N4CCOCC4)nccc3[nH]2)cc1. The van der Waals surface area contributed by atoms with Crippen LogP contribution in [0.3, 0.4) is 0 Å². The Labute approximate surface area is 207 Å². The molecule has 6 rings (SSSR count). The first-order valence-corrected chi connectivity index (χ1v) is 11.9. The first-order chi connectivity index (χ1) is 17.7. The molecule has 5 aromatic rings. The van der Waals surface area contributed by atoms with Gasteiger partial charge in [0.1, 0.15) is 5.82 Å². The van der Waals surface area contributed by atoms with Gasteiger partial charge in [0.05, 0.1) is 30.8 Å². The van der Waals surface area contributed by atoms with Gasteiger partial charge in [-0.25, -0.2) is 4.98 Å². The molecule has 0 unspecified atom stereocenters. The van der Waals surface area contributed by atoms with Crippen LogP contribution in [0.1, 0.15) is 5.69 Å². The number of morpholine rings is 1. The minimum Gasteiger partial charge on any atom is -0.378 e. The molecule has 3 N–H and O–H groups in total. The number of hydrogen-bond acceptors (Lipinski definition) is 6. The second-order valence-electron chi connectivity index (χ2n) is 8.70. The molecule has 180 valence electrons. The number of nitrogens with zero attached hydrogens (tertiary/aromatic N) is 4. The molecule has 0 atom stereocenters. The number of benzene rings is 1. The lowest BCUT2D eigenvalue weighted by Crippen LogP contribution is -2.36. The number of H-pyrrole nitrogens is 2. The van der Waals surface area contributed by atoms with Crippen molar-refractivity contribution in [2.75, 3.05) is 36.5 Å².